The predicted octanol–water partition coefficient (Wildman–Crippen LogP) is 3.41. The quantitative estimate of drug-likeness (QED) is 0.905. The maximum Gasteiger partial charge on any atom is 0.133 e. The molecule has 4 heteroatoms. The summed E-state index contributed by atoms with van der Waals surface area (Å²) in [6.07, 6.45) is 6.58. The molecule has 2 aliphatic rings. The maximum absolute atomic E-state index is 5.04. The lowest BCUT2D eigenvalue weighted by atomic mass is 10.1. The Kier molecular flexibility index (Phi) is 5.18. The van der Waals surface area contributed by atoms with Crippen molar-refractivity contribution in [2.75, 3.05) is 38.1 Å². The van der Waals surface area contributed by atoms with E-state index in [0.29, 0.717) is 6.04 Å². The molecule has 0 spiro atoms. The Hall–Kier alpha value is -1.65. The molecule has 134 valence electrons. The third-order valence-electron chi connectivity index (χ3n) is 5.80. The second kappa shape index (κ2) is 7.71. The fraction of sp³-hybridized carbons (Fsp3) is 0.571. The van der Waals surface area contributed by atoms with Gasteiger partial charge in [0.15, 0.2) is 0 Å². The minimum Gasteiger partial charge on any atom is -0.356 e. The van der Waals surface area contributed by atoms with E-state index >= 15 is 0 Å². The minimum atomic E-state index is 0.687. The number of para-hydroxylation sites is 1. The van der Waals surface area contributed by atoms with Crippen molar-refractivity contribution in [1.29, 1.82) is 0 Å². The van der Waals surface area contributed by atoms with Crippen molar-refractivity contribution < 1.29 is 0 Å². The molecule has 2 saturated heterocycles. The summed E-state index contributed by atoms with van der Waals surface area (Å²) in [7, 11) is 2.25. The summed E-state index contributed by atoms with van der Waals surface area (Å²) < 4.78 is 0. The van der Waals surface area contributed by atoms with Crippen molar-refractivity contribution in [3.8, 4) is 0 Å². The smallest absolute Gasteiger partial charge is 0.133 e. The van der Waals surface area contributed by atoms with Gasteiger partial charge in [0.2, 0.25) is 0 Å². The summed E-state index contributed by atoms with van der Waals surface area (Å²) in [5, 5.41) is 4.96. The van der Waals surface area contributed by atoms with Crippen LogP contribution in [0.2, 0.25) is 0 Å². The molecule has 2 aromatic rings. The van der Waals surface area contributed by atoms with Gasteiger partial charge in [0.05, 0.1) is 5.52 Å². The van der Waals surface area contributed by atoms with Gasteiger partial charge in [0.25, 0.3) is 0 Å². The van der Waals surface area contributed by atoms with E-state index in [2.05, 4.69) is 52.5 Å². The normalized spacial score (nSPS) is 22.0. The molecule has 1 aromatic heterocycles. The lowest BCUT2D eigenvalue weighted by Crippen LogP contribution is -2.36. The van der Waals surface area contributed by atoms with E-state index in [9.17, 15) is 0 Å². The van der Waals surface area contributed by atoms with E-state index in [0.717, 1.165) is 31.7 Å². The Labute approximate surface area is 151 Å². The van der Waals surface area contributed by atoms with Gasteiger partial charge in [-0.05, 0) is 57.8 Å². The molecule has 2 fully saturated rings. The molecule has 3 heterocycles. The number of fused-ring (bicyclic) bond motifs is 1. The maximum atomic E-state index is 5.04. The van der Waals surface area contributed by atoms with Crippen molar-refractivity contribution in [3.05, 3.63) is 35.9 Å². The van der Waals surface area contributed by atoms with Crippen LogP contribution < -0.4 is 10.2 Å². The summed E-state index contributed by atoms with van der Waals surface area (Å²) in [5.74, 6) is 1.20. The first-order valence-corrected chi connectivity index (χ1v) is 9.86. The number of anilines is 1. The Morgan fingerprint density at radius 2 is 1.92 bits per heavy atom. The number of aromatic nitrogens is 1. The van der Waals surface area contributed by atoms with Crippen molar-refractivity contribution in [3.63, 3.8) is 0 Å². The summed E-state index contributed by atoms with van der Waals surface area (Å²) >= 11 is 0. The fourth-order valence-corrected chi connectivity index (χ4v) is 4.27. The van der Waals surface area contributed by atoms with Crippen molar-refractivity contribution in [2.24, 2.45) is 0 Å². The number of benzene rings is 1. The number of likely N-dealkylation sites (N-methyl/N-ethyl adjacent to an activating group) is 1. The van der Waals surface area contributed by atoms with E-state index in [4.69, 9.17) is 4.98 Å². The van der Waals surface area contributed by atoms with Crippen LogP contribution in [0.4, 0.5) is 5.82 Å². The van der Waals surface area contributed by atoms with Crippen LogP contribution >= 0.6 is 0 Å². The Bertz CT molecular complexity index is 708. The molecule has 4 nitrogen and oxygen atoms in total. The highest BCUT2D eigenvalue weighted by Crippen LogP contribution is 2.26. The highest BCUT2D eigenvalue weighted by atomic mass is 15.2. The van der Waals surface area contributed by atoms with Gasteiger partial charge >= 0.3 is 0 Å². The van der Waals surface area contributed by atoms with E-state index in [1.54, 1.807) is 0 Å². The molecule has 0 bridgehead atoms. The molecule has 0 aliphatic carbocycles. The summed E-state index contributed by atoms with van der Waals surface area (Å²) in [4.78, 5) is 10.0. The first-order valence-electron chi connectivity index (χ1n) is 9.86. The zero-order valence-corrected chi connectivity index (χ0v) is 15.4. The summed E-state index contributed by atoms with van der Waals surface area (Å²) in [6, 6.07) is 11.5. The molecule has 1 N–H and O–H groups in total. The summed E-state index contributed by atoms with van der Waals surface area (Å²) in [6.45, 7) is 5.51. The molecule has 1 unspecified atom stereocenters. The Morgan fingerprint density at radius 3 is 2.72 bits per heavy atom. The van der Waals surface area contributed by atoms with Crippen molar-refractivity contribution >= 4 is 16.7 Å². The second-order valence-corrected chi connectivity index (χ2v) is 7.62. The van der Waals surface area contributed by atoms with Gasteiger partial charge in [0, 0.05) is 43.2 Å². The van der Waals surface area contributed by atoms with Crippen LogP contribution in [0, 0.1) is 0 Å². The standard InChI is InChI=1S/C21H30N4/c1-24-11-7-9-19(24)16-22-15-18-14-17-8-3-4-10-20(17)23-21(18)25-12-5-2-6-13-25/h3-4,8,10,14,19,22H,2,5-7,9,11-13,15-16H2,1H3. The van der Waals surface area contributed by atoms with E-state index in [1.807, 2.05) is 0 Å². The highest BCUT2D eigenvalue weighted by Gasteiger charge is 2.21. The third kappa shape index (κ3) is 3.80. The Balaban J connectivity index is 1.54. The monoisotopic (exact) mass is 338 g/mol. The second-order valence-electron chi connectivity index (χ2n) is 7.62. The first-order chi connectivity index (χ1) is 12.3. The van der Waals surface area contributed by atoms with Crippen LogP contribution in [0.1, 0.15) is 37.7 Å². The van der Waals surface area contributed by atoms with Gasteiger partial charge in [0.1, 0.15) is 5.82 Å². The topological polar surface area (TPSA) is 31.4 Å². The van der Waals surface area contributed by atoms with Gasteiger partial charge < -0.3 is 15.1 Å². The number of hydrogen-bond donors (Lipinski definition) is 1. The predicted molar refractivity (Wildman–Crippen MR) is 105 cm³/mol. The average molecular weight is 338 g/mol. The highest BCUT2D eigenvalue weighted by molar-refractivity contribution is 5.81. The summed E-state index contributed by atoms with van der Waals surface area (Å²) in [5.41, 5.74) is 2.46. The van der Waals surface area contributed by atoms with Crippen LogP contribution in [-0.2, 0) is 6.54 Å². The first kappa shape index (κ1) is 16.8. The molecule has 1 aromatic carbocycles. The van der Waals surface area contributed by atoms with Crippen LogP contribution in [0.5, 0.6) is 0 Å². The average Bonchev–Trinajstić information content (AvgIpc) is 3.07. The van der Waals surface area contributed by atoms with E-state index in [1.165, 1.54) is 55.4 Å². The lowest BCUT2D eigenvalue weighted by Gasteiger charge is -2.30. The molecule has 4 rings (SSSR count). The van der Waals surface area contributed by atoms with E-state index < -0.39 is 0 Å². The molecule has 0 saturated carbocycles. The number of hydrogen-bond acceptors (Lipinski definition) is 4. The minimum absolute atomic E-state index is 0.687. The van der Waals surface area contributed by atoms with Crippen molar-refractivity contribution in [2.45, 2.75) is 44.7 Å². The van der Waals surface area contributed by atoms with Crippen LogP contribution in [0.15, 0.2) is 30.3 Å². The number of nitrogens with zero attached hydrogens (tertiary/aromatic N) is 3. The van der Waals surface area contributed by atoms with Crippen LogP contribution in [-0.4, -0.2) is 49.2 Å². The third-order valence-corrected chi connectivity index (χ3v) is 5.80. The van der Waals surface area contributed by atoms with E-state index in [-0.39, 0.29) is 0 Å². The number of piperidine rings is 1. The lowest BCUT2D eigenvalue weighted by molar-refractivity contribution is 0.300. The number of likely N-dealkylation sites (tertiary alicyclic amines) is 1. The molecule has 25 heavy (non-hydrogen) atoms. The largest absolute Gasteiger partial charge is 0.356 e. The van der Waals surface area contributed by atoms with Gasteiger partial charge in [-0.15, -0.1) is 0 Å². The van der Waals surface area contributed by atoms with Gasteiger partial charge in [-0.2, -0.15) is 0 Å². The van der Waals surface area contributed by atoms with Gasteiger partial charge in [-0.25, -0.2) is 4.98 Å². The van der Waals surface area contributed by atoms with Gasteiger partial charge in [-0.3, -0.25) is 0 Å². The molecule has 0 amide bonds. The molecule has 1 atom stereocenters. The number of rotatable bonds is 5. The molecular formula is C21H30N4. The molecular weight excluding hydrogens is 308 g/mol. The van der Waals surface area contributed by atoms with Crippen molar-refractivity contribution in [1.82, 2.24) is 15.2 Å². The van der Waals surface area contributed by atoms with Crippen LogP contribution in [0.25, 0.3) is 10.9 Å². The molecule has 0 radical (unpaired) electrons. The fourth-order valence-electron chi connectivity index (χ4n) is 4.27. The Morgan fingerprint density at radius 1 is 1.08 bits per heavy atom. The molecule has 2 aliphatic heterocycles. The van der Waals surface area contributed by atoms with Gasteiger partial charge in [-0.1, -0.05) is 18.2 Å². The zero-order chi connectivity index (χ0) is 17.1. The SMILES string of the molecule is CN1CCCC1CNCc1cc2ccccc2nc1N1CCCCC1. The van der Waals surface area contributed by atoms with Crippen LogP contribution in [0.3, 0.4) is 0 Å². The zero-order valence-electron chi connectivity index (χ0n) is 15.4. The number of nitrogens with one attached hydrogen (secondary N) is 1. The number of pyridine rings is 1.